The monoisotopic (exact) mass is 234 g/mol. The first-order valence-electron chi connectivity index (χ1n) is 4.91. The molecule has 0 fully saturated rings. The Labute approximate surface area is 93.7 Å². The number of nitrogens with zero attached hydrogens (tertiary/aromatic N) is 1. The molecule has 16 heavy (non-hydrogen) atoms. The van der Waals surface area contributed by atoms with Gasteiger partial charge < -0.3 is 25.5 Å². The van der Waals surface area contributed by atoms with Gasteiger partial charge in [0, 0.05) is 20.1 Å². The summed E-state index contributed by atoms with van der Waals surface area (Å²) in [5.74, 6) is -1.20. The van der Waals surface area contributed by atoms with E-state index in [1.54, 1.807) is 6.92 Å². The number of nitrogens with one attached hydrogen (secondary N) is 1. The third kappa shape index (κ3) is 4.45. The molecule has 0 spiro atoms. The van der Waals surface area contributed by atoms with Crippen LogP contribution in [0.4, 0.5) is 4.79 Å². The second kappa shape index (κ2) is 7.02. The predicted octanol–water partition coefficient (Wildman–Crippen LogP) is -1.16. The van der Waals surface area contributed by atoms with Crippen molar-refractivity contribution in [2.45, 2.75) is 25.4 Å². The zero-order valence-corrected chi connectivity index (χ0v) is 9.38. The fourth-order valence-corrected chi connectivity index (χ4v) is 0.960. The molecular formula is C9H18N2O5. The number of aliphatic carboxylic acids is 1. The molecule has 2 atom stereocenters. The highest BCUT2D eigenvalue weighted by Crippen LogP contribution is 1.98. The van der Waals surface area contributed by atoms with Crippen molar-refractivity contribution in [1.29, 1.82) is 0 Å². The fraction of sp³-hybridized carbons (Fsp3) is 0.778. The van der Waals surface area contributed by atoms with Crippen LogP contribution >= 0.6 is 0 Å². The smallest absolute Gasteiger partial charge is 0.326 e. The molecule has 94 valence electrons. The van der Waals surface area contributed by atoms with Crippen molar-refractivity contribution < 1.29 is 24.9 Å². The Hall–Kier alpha value is -1.34. The number of carboxylic acids is 1. The van der Waals surface area contributed by atoms with Gasteiger partial charge in [-0.15, -0.1) is 0 Å². The first-order valence-corrected chi connectivity index (χ1v) is 4.91. The molecule has 0 rings (SSSR count). The summed E-state index contributed by atoms with van der Waals surface area (Å²) in [4.78, 5) is 23.4. The second-order valence-electron chi connectivity index (χ2n) is 3.50. The molecule has 7 heteroatoms. The maximum Gasteiger partial charge on any atom is 0.326 e. The normalized spacial score (nSPS) is 14.0. The van der Waals surface area contributed by atoms with Crippen LogP contribution in [0.25, 0.3) is 0 Å². The number of rotatable bonds is 6. The summed E-state index contributed by atoms with van der Waals surface area (Å²) in [5.41, 5.74) is 0. The third-order valence-electron chi connectivity index (χ3n) is 2.26. The summed E-state index contributed by atoms with van der Waals surface area (Å²) >= 11 is 0. The number of carbonyl (C=O) groups excluding carboxylic acids is 1. The van der Waals surface area contributed by atoms with E-state index in [-0.39, 0.29) is 19.6 Å². The average Bonchev–Trinajstić information content (AvgIpc) is 2.25. The van der Waals surface area contributed by atoms with Gasteiger partial charge in [-0.2, -0.15) is 0 Å². The number of hydrogen-bond donors (Lipinski definition) is 4. The van der Waals surface area contributed by atoms with E-state index in [2.05, 4.69) is 5.32 Å². The Bertz CT molecular complexity index is 246. The number of aliphatic hydroxyl groups is 2. The second-order valence-corrected chi connectivity index (χ2v) is 3.50. The van der Waals surface area contributed by atoms with Gasteiger partial charge >= 0.3 is 12.0 Å². The van der Waals surface area contributed by atoms with Crippen LogP contribution in [-0.2, 0) is 4.79 Å². The SMILES string of the molecule is CC(CO)N(C)C(=O)N[C@H](CCO)C(=O)O. The van der Waals surface area contributed by atoms with Crippen molar-refractivity contribution in [1.82, 2.24) is 10.2 Å². The molecule has 0 heterocycles. The molecule has 0 saturated heterocycles. The van der Waals surface area contributed by atoms with Crippen LogP contribution in [0.3, 0.4) is 0 Å². The molecule has 0 bridgehead atoms. The molecule has 1 unspecified atom stereocenters. The molecule has 0 aromatic rings. The Morgan fingerprint density at radius 1 is 1.38 bits per heavy atom. The van der Waals surface area contributed by atoms with Crippen LogP contribution in [0, 0.1) is 0 Å². The quantitative estimate of drug-likeness (QED) is 0.463. The molecule has 0 aliphatic carbocycles. The van der Waals surface area contributed by atoms with Crippen molar-refractivity contribution in [2.24, 2.45) is 0 Å². The van der Waals surface area contributed by atoms with E-state index in [4.69, 9.17) is 15.3 Å². The number of likely N-dealkylation sites (N-methyl/N-ethyl adjacent to an activating group) is 1. The summed E-state index contributed by atoms with van der Waals surface area (Å²) in [6.07, 6.45) is -0.0532. The van der Waals surface area contributed by atoms with Gasteiger partial charge in [-0.25, -0.2) is 9.59 Å². The van der Waals surface area contributed by atoms with Crippen molar-refractivity contribution in [2.75, 3.05) is 20.3 Å². The lowest BCUT2D eigenvalue weighted by Gasteiger charge is -2.25. The van der Waals surface area contributed by atoms with Crippen molar-refractivity contribution in [3.05, 3.63) is 0 Å². The largest absolute Gasteiger partial charge is 0.480 e. The number of hydrogen-bond acceptors (Lipinski definition) is 4. The van der Waals surface area contributed by atoms with Gasteiger partial charge in [0.1, 0.15) is 6.04 Å². The van der Waals surface area contributed by atoms with Gasteiger partial charge in [-0.05, 0) is 6.92 Å². The lowest BCUT2D eigenvalue weighted by atomic mass is 10.2. The van der Waals surface area contributed by atoms with E-state index in [1.165, 1.54) is 11.9 Å². The molecular weight excluding hydrogens is 216 g/mol. The van der Waals surface area contributed by atoms with Crippen LogP contribution < -0.4 is 5.32 Å². The summed E-state index contributed by atoms with van der Waals surface area (Å²) in [7, 11) is 1.45. The van der Waals surface area contributed by atoms with Gasteiger partial charge in [0.05, 0.1) is 12.6 Å². The lowest BCUT2D eigenvalue weighted by Crippen LogP contribution is -2.50. The third-order valence-corrected chi connectivity index (χ3v) is 2.26. The van der Waals surface area contributed by atoms with Crippen molar-refractivity contribution in [3.63, 3.8) is 0 Å². The molecule has 2 amide bonds. The van der Waals surface area contributed by atoms with E-state index in [0.29, 0.717) is 0 Å². The highest BCUT2D eigenvalue weighted by Gasteiger charge is 2.22. The number of carbonyl (C=O) groups is 2. The molecule has 0 aromatic carbocycles. The van der Waals surface area contributed by atoms with Crippen molar-refractivity contribution >= 4 is 12.0 Å². The number of aliphatic hydroxyl groups excluding tert-OH is 2. The molecule has 0 saturated carbocycles. The zero-order valence-electron chi connectivity index (χ0n) is 9.38. The van der Waals surface area contributed by atoms with Gasteiger partial charge in [-0.1, -0.05) is 0 Å². The van der Waals surface area contributed by atoms with Gasteiger partial charge in [0.2, 0.25) is 0 Å². The van der Waals surface area contributed by atoms with Crippen LogP contribution in [0.1, 0.15) is 13.3 Å². The Morgan fingerprint density at radius 3 is 2.31 bits per heavy atom. The fourth-order valence-electron chi connectivity index (χ4n) is 0.960. The minimum absolute atomic E-state index is 0.0532. The van der Waals surface area contributed by atoms with Crippen molar-refractivity contribution in [3.8, 4) is 0 Å². The Kier molecular flexibility index (Phi) is 6.43. The number of urea groups is 1. The molecule has 0 aliphatic heterocycles. The topological polar surface area (TPSA) is 110 Å². The van der Waals surface area contributed by atoms with Crippen LogP contribution in [0.2, 0.25) is 0 Å². The highest BCUT2D eigenvalue weighted by molar-refractivity contribution is 5.82. The predicted molar refractivity (Wildman–Crippen MR) is 56.0 cm³/mol. The summed E-state index contributed by atoms with van der Waals surface area (Å²) < 4.78 is 0. The summed E-state index contributed by atoms with van der Waals surface area (Å²) in [6.45, 7) is 1.10. The van der Waals surface area contributed by atoms with Crippen LogP contribution in [-0.4, -0.2) is 64.6 Å². The minimum Gasteiger partial charge on any atom is -0.480 e. The Morgan fingerprint density at radius 2 is 1.94 bits per heavy atom. The summed E-state index contributed by atoms with van der Waals surface area (Å²) in [5, 5.41) is 28.4. The molecule has 0 aromatic heterocycles. The van der Waals surface area contributed by atoms with E-state index < -0.39 is 24.1 Å². The van der Waals surface area contributed by atoms with E-state index >= 15 is 0 Å². The molecule has 0 aliphatic rings. The number of amides is 2. The maximum absolute atomic E-state index is 11.5. The van der Waals surface area contributed by atoms with E-state index in [1.807, 2.05) is 0 Å². The number of carboxylic acid groups (broad SMARTS) is 1. The standard InChI is InChI=1S/C9H18N2O5/c1-6(5-13)11(2)9(16)10-7(3-4-12)8(14)15/h6-7,12-13H,3-5H2,1-2H3,(H,10,16)(H,14,15)/t6?,7-/m1/s1. The lowest BCUT2D eigenvalue weighted by molar-refractivity contribution is -0.139. The maximum atomic E-state index is 11.5. The average molecular weight is 234 g/mol. The van der Waals surface area contributed by atoms with Gasteiger partial charge in [0.25, 0.3) is 0 Å². The van der Waals surface area contributed by atoms with Gasteiger partial charge in [0.15, 0.2) is 0 Å². The summed E-state index contributed by atoms with van der Waals surface area (Å²) in [6, 6.07) is -2.11. The Balaban J connectivity index is 4.34. The first-order chi connectivity index (χ1) is 7.43. The minimum atomic E-state index is -1.20. The molecule has 4 N–H and O–H groups in total. The van der Waals surface area contributed by atoms with E-state index in [0.717, 1.165) is 0 Å². The van der Waals surface area contributed by atoms with Crippen LogP contribution in [0.15, 0.2) is 0 Å². The zero-order chi connectivity index (χ0) is 12.7. The van der Waals surface area contributed by atoms with E-state index in [9.17, 15) is 9.59 Å². The van der Waals surface area contributed by atoms with Crippen LogP contribution in [0.5, 0.6) is 0 Å². The molecule has 0 radical (unpaired) electrons. The first kappa shape index (κ1) is 14.7. The molecule has 7 nitrogen and oxygen atoms in total. The highest BCUT2D eigenvalue weighted by atomic mass is 16.4. The van der Waals surface area contributed by atoms with Gasteiger partial charge in [-0.3, -0.25) is 0 Å².